The van der Waals surface area contributed by atoms with Crippen molar-refractivity contribution in [1.29, 1.82) is 0 Å². The number of fused-ring (bicyclic) bond motifs is 1. The zero-order chi connectivity index (χ0) is 14.1. The van der Waals surface area contributed by atoms with Crippen molar-refractivity contribution in [1.82, 2.24) is 14.7 Å². The van der Waals surface area contributed by atoms with Gasteiger partial charge in [0.05, 0.1) is 11.9 Å². The van der Waals surface area contributed by atoms with Crippen molar-refractivity contribution in [2.24, 2.45) is 0 Å². The fourth-order valence-electron chi connectivity index (χ4n) is 3.41. The van der Waals surface area contributed by atoms with Crippen LogP contribution in [-0.2, 0) is 6.54 Å². The van der Waals surface area contributed by atoms with Gasteiger partial charge in [-0.15, -0.1) is 0 Å². The van der Waals surface area contributed by atoms with Gasteiger partial charge in [-0.2, -0.15) is 5.10 Å². The predicted octanol–water partition coefficient (Wildman–Crippen LogP) is 2.06. The number of halogens is 1. The van der Waals surface area contributed by atoms with Gasteiger partial charge >= 0.3 is 0 Å². The van der Waals surface area contributed by atoms with Crippen LogP contribution in [0.25, 0.3) is 0 Å². The Morgan fingerprint density at radius 3 is 3.05 bits per heavy atom. The summed E-state index contributed by atoms with van der Waals surface area (Å²) in [5, 5.41) is 7.74. The normalized spacial score (nSPS) is 26.5. The lowest BCUT2D eigenvalue weighted by Gasteiger charge is -2.33. The zero-order valence-corrected chi connectivity index (χ0v) is 13.4. The van der Waals surface area contributed by atoms with Gasteiger partial charge in [0.2, 0.25) is 0 Å². The highest BCUT2D eigenvalue weighted by Gasteiger charge is 2.35. The summed E-state index contributed by atoms with van der Waals surface area (Å²) >= 11 is 3.42. The number of aromatic nitrogens is 2. The van der Waals surface area contributed by atoms with Gasteiger partial charge in [0.15, 0.2) is 0 Å². The van der Waals surface area contributed by atoms with Crippen LogP contribution in [-0.4, -0.2) is 39.9 Å². The minimum Gasteiger partial charge on any atom is -0.378 e. The Balaban J connectivity index is 1.78. The van der Waals surface area contributed by atoms with Crippen LogP contribution in [0.4, 0.5) is 5.69 Å². The van der Waals surface area contributed by atoms with E-state index in [1.165, 1.54) is 37.0 Å². The molecule has 3 rings (SSSR count). The van der Waals surface area contributed by atoms with Crippen LogP contribution in [0.1, 0.15) is 32.6 Å². The highest BCUT2D eigenvalue weighted by molar-refractivity contribution is 9.10. The maximum absolute atomic E-state index is 12.1. The van der Waals surface area contributed by atoms with E-state index in [2.05, 4.69) is 31.2 Å². The zero-order valence-electron chi connectivity index (χ0n) is 11.8. The van der Waals surface area contributed by atoms with E-state index in [-0.39, 0.29) is 5.56 Å². The molecule has 0 radical (unpaired) electrons. The fraction of sp³-hybridized carbons (Fsp3) is 0.714. The van der Waals surface area contributed by atoms with E-state index >= 15 is 0 Å². The number of nitrogens with one attached hydrogen (secondary N) is 1. The van der Waals surface area contributed by atoms with Gasteiger partial charge in [0.1, 0.15) is 4.47 Å². The Morgan fingerprint density at radius 2 is 2.25 bits per heavy atom. The van der Waals surface area contributed by atoms with Crippen molar-refractivity contribution in [2.75, 3.05) is 18.4 Å². The number of hydrogen-bond acceptors (Lipinski definition) is 4. The summed E-state index contributed by atoms with van der Waals surface area (Å²) in [6.45, 7) is 4.90. The summed E-state index contributed by atoms with van der Waals surface area (Å²) in [6.07, 6.45) is 6.81. The summed E-state index contributed by atoms with van der Waals surface area (Å²) < 4.78 is 2.07. The Bertz CT molecular complexity index is 544. The SMILES string of the molecule is CCn1ncc(NC2CCN3CCCCC23)c(Br)c1=O. The van der Waals surface area contributed by atoms with Crippen LogP contribution in [0, 0.1) is 0 Å². The second-order valence-electron chi connectivity index (χ2n) is 5.63. The van der Waals surface area contributed by atoms with Gasteiger partial charge in [-0.25, -0.2) is 4.68 Å². The molecule has 0 aromatic carbocycles. The van der Waals surface area contributed by atoms with Crippen molar-refractivity contribution >= 4 is 21.6 Å². The third kappa shape index (κ3) is 2.51. The minimum atomic E-state index is -0.0593. The van der Waals surface area contributed by atoms with E-state index in [0.717, 1.165) is 12.1 Å². The average molecular weight is 341 g/mol. The maximum Gasteiger partial charge on any atom is 0.283 e. The highest BCUT2D eigenvalue weighted by Crippen LogP contribution is 2.30. The molecule has 20 heavy (non-hydrogen) atoms. The first-order valence-corrected chi connectivity index (χ1v) is 8.26. The molecule has 2 aliphatic rings. The Kier molecular flexibility index (Phi) is 4.12. The van der Waals surface area contributed by atoms with E-state index in [9.17, 15) is 4.79 Å². The van der Waals surface area contributed by atoms with Crippen molar-refractivity contribution in [3.8, 4) is 0 Å². The molecular formula is C14H21BrN4O. The molecule has 0 amide bonds. The highest BCUT2D eigenvalue weighted by atomic mass is 79.9. The molecule has 6 heteroatoms. The molecule has 2 aliphatic heterocycles. The van der Waals surface area contributed by atoms with Gasteiger partial charge in [-0.05, 0) is 48.7 Å². The molecule has 0 spiro atoms. The number of rotatable bonds is 3. The minimum absolute atomic E-state index is 0.0593. The first-order chi connectivity index (χ1) is 9.70. The molecule has 2 unspecified atom stereocenters. The van der Waals surface area contributed by atoms with Crippen molar-refractivity contribution < 1.29 is 0 Å². The molecule has 1 aromatic heterocycles. The van der Waals surface area contributed by atoms with Gasteiger partial charge < -0.3 is 5.32 Å². The van der Waals surface area contributed by atoms with E-state index in [1.54, 1.807) is 6.20 Å². The molecule has 1 aromatic rings. The third-order valence-electron chi connectivity index (χ3n) is 4.48. The quantitative estimate of drug-likeness (QED) is 0.914. The Morgan fingerprint density at radius 1 is 1.40 bits per heavy atom. The summed E-state index contributed by atoms with van der Waals surface area (Å²) in [7, 11) is 0. The van der Waals surface area contributed by atoms with Gasteiger partial charge in [-0.1, -0.05) is 6.42 Å². The van der Waals surface area contributed by atoms with E-state index in [1.807, 2.05) is 6.92 Å². The molecule has 0 bridgehead atoms. The second-order valence-corrected chi connectivity index (χ2v) is 6.42. The van der Waals surface area contributed by atoms with Crippen LogP contribution in [0.3, 0.4) is 0 Å². The lowest BCUT2D eigenvalue weighted by atomic mass is 9.99. The molecule has 3 heterocycles. The lowest BCUT2D eigenvalue weighted by molar-refractivity contribution is 0.192. The maximum atomic E-state index is 12.1. The van der Waals surface area contributed by atoms with Crippen molar-refractivity contribution in [3.05, 3.63) is 21.0 Å². The molecule has 0 saturated carbocycles. The molecule has 2 fully saturated rings. The number of anilines is 1. The summed E-state index contributed by atoms with van der Waals surface area (Å²) in [4.78, 5) is 14.7. The molecular weight excluding hydrogens is 320 g/mol. The summed E-state index contributed by atoms with van der Waals surface area (Å²) in [6, 6.07) is 1.05. The molecule has 2 atom stereocenters. The smallest absolute Gasteiger partial charge is 0.283 e. The molecule has 2 saturated heterocycles. The number of hydrogen-bond donors (Lipinski definition) is 1. The average Bonchev–Trinajstić information content (AvgIpc) is 2.88. The largest absolute Gasteiger partial charge is 0.378 e. The van der Waals surface area contributed by atoms with Crippen molar-refractivity contribution in [2.45, 2.75) is 51.2 Å². The van der Waals surface area contributed by atoms with E-state index < -0.39 is 0 Å². The van der Waals surface area contributed by atoms with Crippen LogP contribution in [0.15, 0.2) is 15.5 Å². The van der Waals surface area contributed by atoms with E-state index in [0.29, 0.717) is 23.1 Å². The van der Waals surface area contributed by atoms with Crippen LogP contribution >= 0.6 is 15.9 Å². The third-order valence-corrected chi connectivity index (χ3v) is 5.25. The van der Waals surface area contributed by atoms with E-state index in [4.69, 9.17) is 0 Å². The lowest BCUT2D eigenvalue weighted by Crippen LogP contribution is -2.42. The Labute approximate surface area is 127 Å². The Hall–Kier alpha value is -0.880. The fourth-order valence-corrected chi connectivity index (χ4v) is 3.83. The van der Waals surface area contributed by atoms with Crippen LogP contribution in [0.2, 0.25) is 0 Å². The number of nitrogens with zero attached hydrogens (tertiary/aromatic N) is 3. The predicted molar refractivity (Wildman–Crippen MR) is 83.1 cm³/mol. The summed E-state index contributed by atoms with van der Waals surface area (Å²) in [5.41, 5.74) is 0.771. The molecule has 5 nitrogen and oxygen atoms in total. The van der Waals surface area contributed by atoms with Crippen LogP contribution < -0.4 is 10.9 Å². The second kappa shape index (κ2) is 5.85. The monoisotopic (exact) mass is 340 g/mol. The first kappa shape index (κ1) is 14.1. The molecule has 1 N–H and O–H groups in total. The van der Waals surface area contributed by atoms with Crippen molar-refractivity contribution in [3.63, 3.8) is 0 Å². The number of piperidine rings is 1. The van der Waals surface area contributed by atoms with Crippen LogP contribution in [0.5, 0.6) is 0 Å². The number of aryl methyl sites for hydroxylation is 1. The topological polar surface area (TPSA) is 50.2 Å². The first-order valence-electron chi connectivity index (χ1n) is 7.47. The molecule has 0 aliphatic carbocycles. The van der Waals surface area contributed by atoms with Gasteiger partial charge in [0.25, 0.3) is 5.56 Å². The van der Waals surface area contributed by atoms with Gasteiger partial charge in [0, 0.05) is 25.2 Å². The molecule has 110 valence electrons. The summed E-state index contributed by atoms with van der Waals surface area (Å²) in [5.74, 6) is 0. The van der Waals surface area contributed by atoms with Gasteiger partial charge in [-0.3, -0.25) is 9.69 Å². The standard InChI is InChI=1S/C14H21BrN4O/c1-2-19-14(20)13(15)11(9-16-19)17-10-6-8-18-7-4-3-5-12(10)18/h9-10,12,17H,2-8H2,1H3.